The van der Waals surface area contributed by atoms with E-state index in [-0.39, 0.29) is 21.3 Å². The van der Waals surface area contributed by atoms with Crippen molar-refractivity contribution in [1.82, 2.24) is 0 Å². The van der Waals surface area contributed by atoms with Crippen molar-refractivity contribution in [3.8, 4) is 11.5 Å². The van der Waals surface area contributed by atoms with Crippen molar-refractivity contribution in [2.75, 3.05) is 24.3 Å². The summed E-state index contributed by atoms with van der Waals surface area (Å²) in [6.45, 7) is 0. The summed E-state index contributed by atoms with van der Waals surface area (Å²) in [7, 11) is -1.06. The Balaban J connectivity index is 1.89. The second-order valence-corrected chi connectivity index (χ2v) is 8.23. The molecule has 0 unspecified atom stereocenters. The number of nitrogens with one attached hydrogen (secondary N) is 2. The number of carbonyl (C=O) groups excluding carboxylic acids is 1. The number of carbonyl (C=O) groups is 1. The number of hydrogen-bond donors (Lipinski definition) is 2. The van der Waals surface area contributed by atoms with Crippen molar-refractivity contribution in [3.05, 3.63) is 77.3 Å². The van der Waals surface area contributed by atoms with E-state index in [0.717, 1.165) is 0 Å². The number of halogens is 1. The fourth-order valence-electron chi connectivity index (χ4n) is 2.68. The highest BCUT2D eigenvalue weighted by Gasteiger charge is 2.19. The van der Waals surface area contributed by atoms with Crippen LogP contribution in [-0.2, 0) is 10.0 Å². The highest BCUT2D eigenvalue weighted by atomic mass is 35.5. The summed E-state index contributed by atoms with van der Waals surface area (Å²) < 4.78 is 38.4. The predicted molar refractivity (Wildman–Crippen MR) is 116 cm³/mol. The van der Waals surface area contributed by atoms with Crippen LogP contribution in [0, 0.1) is 0 Å². The van der Waals surface area contributed by atoms with E-state index < -0.39 is 15.9 Å². The van der Waals surface area contributed by atoms with Crippen LogP contribution >= 0.6 is 11.6 Å². The fourth-order valence-corrected chi connectivity index (χ4v) is 4.01. The number of methoxy groups -OCH3 is 2. The van der Waals surface area contributed by atoms with E-state index in [2.05, 4.69) is 10.0 Å². The fraction of sp³-hybridized carbons (Fsp3) is 0.0952. The summed E-state index contributed by atoms with van der Waals surface area (Å²) >= 11 is 6.06. The standard InChI is InChI=1S/C21H19ClN2O5S/c1-28-19-10-8-15(12-17(19)22)24-30(26,27)16-9-11-20(29-2)18(13-16)23-21(25)14-6-4-3-5-7-14/h3-13,24H,1-2H3,(H,23,25). The lowest BCUT2D eigenvalue weighted by molar-refractivity contribution is 0.102. The smallest absolute Gasteiger partial charge is 0.261 e. The molecule has 156 valence electrons. The van der Waals surface area contributed by atoms with Crippen LogP contribution in [0.5, 0.6) is 11.5 Å². The number of benzene rings is 3. The number of rotatable bonds is 7. The van der Waals surface area contributed by atoms with Crippen molar-refractivity contribution >= 4 is 38.9 Å². The van der Waals surface area contributed by atoms with Gasteiger partial charge in [-0.1, -0.05) is 29.8 Å². The van der Waals surface area contributed by atoms with E-state index in [1.165, 1.54) is 44.6 Å². The van der Waals surface area contributed by atoms with Crippen LogP contribution in [0.25, 0.3) is 0 Å². The van der Waals surface area contributed by atoms with Gasteiger partial charge < -0.3 is 14.8 Å². The zero-order valence-electron chi connectivity index (χ0n) is 16.2. The molecular formula is C21H19ClN2O5S. The van der Waals surface area contributed by atoms with Gasteiger partial charge in [0, 0.05) is 5.56 Å². The second kappa shape index (κ2) is 9.06. The molecule has 0 aromatic heterocycles. The first-order chi connectivity index (χ1) is 14.3. The average Bonchev–Trinajstić information content (AvgIpc) is 2.74. The van der Waals surface area contributed by atoms with E-state index >= 15 is 0 Å². The van der Waals surface area contributed by atoms with Crippen molar-refractivity contribution in [3.63, 3.8) is 0 Å². The lowest BCUT2D eigenvalue weighted by Crippen LogP contribution is -2.15. The molecule has 0 saturated heterocycles. The Bertz CT molecular complexity index is 1170. The van der Waals surface area contributed by atoms with Crippen LogP contribution in [0.15, 0.2) is 71.6 Å². The van der Waals surface area contributed by atoms with Crippen molar-refractivity contribution in [2.24, 2.45) is 0 Å². The summed E-state index contributed by atoms with van der Waals surface area (Å²) in [5, 5.41) is 2.95. The molecule has 7 nitrogen and oxygen atoms in total. The molecule has 0 heterocycles. The lowest BCUT2D eigenvalue weighted by atomic mass is 10.2. The molecule has 3 aromatic carbocycles. The monoisotopic (exact) mass is 446 g/mol. The Kier molecular flexibility index (Phi) is 6.49. The van der Waals surface area contributed by atoms with Gasteiger partial charge in [-0.15, -0.1) is 0 Å². The number of anilines is 2. The number of sulfonamides is 1. The highest BCUT2D eigenvalue weighted by molar-refractivity contribution is 7.92. The van der Waals surface area contributed by atoms with Gasteiger partial charge in [0.2, 0.25) is 0 Å². The van der Waals surface area contributed by atoms with Crippen LogP contribution in [0.1, 0.15) is 10.4 Å². The van der Waals surface area contributed by atoms with Gasteiger partial charge in [0.15, 0.2) is 0 Å². The Morgan fingerprint density at radius 2 is 1.57 bits per heavy atom. The van der Waals surface area contributed by atoms with E-state index in [1.54, 1.807) is 36.4 Å². The minimum Gasteiger partial charge on any atom is -0.495 e. The van der Waals surface area contributed by atoms with Crippen LogP contribution in [0.2, 0.25) is 5.02 Å². The molecule has 0 atom stereocenters. The normalized spacial score (nSPS) is 10.9. The molecule has 0 aliphatic heterocycles. The second-order valence-electron chi connectivity index (χ2n) is 6.14. The Morgan fingerprint density at radius 1 is 0.900 bits per heavy atom. The minimum atomic E-state index is -3.95. The molecule has 3 rings (SSSR count). The average molecular weight is 447 g/mol. The quantitative estimate of drug-likeness (QED) is 0.560. The Morgan fingerprint density at radius 3 is 2.20 bits per heavy atom. The van der Waals surface area contributed by atoms with Crippen LogP contribution < -0.4 is 19.5 Å². The summed E-state index contributed by atoms with van der Waals surface area (Å²) in [6, 6.07) is 17.3. The Hall–Kier alpha value is -3.23. The van der Waals surface area contributed by atoms with E-state index in [0.29, 0.717) is 17.1 Å². The van der Waals surface area contributed by atoms with Crippen LogP contribution in [-0.4, -0.2) is 28.5 Å². The SMILES string of the molecule is COc1ccc(NS(=O)(=O)c2ccc(OC)c(NC(=O)c3ccccc3)c2)cc1Cl. The first-order valence-electron chi connectivity index (χ1n) is 8.75. The first-order valence-corrected chi connectivity index (χ1v) is 10.6. The zero-order valence-corrected chi connectivity index (χ0v) is 17.8. The summed E-state index contributed by atoms with van der Waals surface area (Å²) in [5.74, 6) is 0.360. The molecule has 1 amide bonds. The predicted octanol–water partition coefficient (Wildman–Crippen LogP) is 4.41. The zero-order chi connectivity index (χ0) is 21.7. The largest absolute Gasteiger partial charge is 0.495 e. The topological polar surface area (TPSA) is 93.7 Å². The Labute approximate surface area is 179 Å². The van der Waals surface area contributed by atoms with Gasteiger partial charge in [-0.2, -0.15) is 0 Å². The van der Waals surface area contributed by atoms with E-state index in [4.69, 9.17) is 21.1 Å². The maximum absolute atomic E-state index is 12.8. The molecule has 30 heavy (non-hydrogen) atoms. The lowest BCUT2D eigenvalue weighted by Gasteiger charge is -2.14. The molecule has 0 saturated carbocycles. The molecule has 0 aliphatic rings. The van der Waals surface area contributed by atoms with E-state index in [1.807, 2.05) is 0 Å². The van der Waals surface area contributed by atoms with Gasteiger partial charge in [0.1, 0.15) is 11.5 Å². The molecule has 0 radical (unpaired) electrons. The first kappa shape index (κ1) is 21.5. The number of amides is 1. The van der Waals surface area contributed by atoms with Crippen LogP contribution in [0.4, 0.5) is 11.4 Å². The molecule has 3 aromatic rings. The summed E-state index contributed by atoms with van der Waals surface area (Å²) in [4.78, 5) is 12.4. The van der Waals surface area contributed by atoms with Gasteiger partial charge in [-0.25, -0.2) is 8.42 Å². The van der Waals surface area contributed by atoms with Crippen LogP contribution in [0.3, 0.4) is 0 Å². The third-order valence-corrected chi connectivity index (χ3v) is 5.84. The van der Waals surface area contributed by atoms with Gasteiger partial charge in [-0.05, 0) is 48.5 Å². The maximum atomic E-state index is 12.8. The van der Waals surface area contributed by atoms with Gasteiger partial charge >= 0.3 is 0 Å². The van der Waals surface area contributed by atoms with Gasteiger partial charge in [0.25, 0.3) is 15.9 Å². The molecule has 0 aliphatic carbocycles. The van der Waals surface area contributed by atoms with Crippen molar-refractivity contribution < 1.29 is 22.7 Å². The maximum Gasteiger partial charge on any atom is 0.261 e. The van der Waals surface area contributed by atoms with Crippen molar-refractivity contribution in [2.45, 2.75) is 4.90 Å². The third-order valence-electron chi connectivity index (χ3n) is 4.17. The van der Waals surface area contributed by atoms with Crippen molar-refractivity contribution in [1.29, 1.82) is 0 Å². The highest BCUT2D eigenvalue weighted by Crippen LogP contribution is 2.31. The summed E-state index contributed by atoms with van der Waals surface area (Å²) in [5.41, 5.74) is 0.923. The molecule has 9 heteroatoms. The van der Waals surface area contributed by atoms with Gasteiger partial charge in [-0.3, -0.25) is 9.52 Å². The third kappa shape index (κ3) is 4.84. The van der Waals surface area contributed by atoms with Gasteiger partial charge in [0.05, 0.1) is 35.5 Å². The van der Waals surface area contributed by atoms with E-state index in [9.17, 15) is 13.2 Å². The minimum absolute atomic E-state index is 0.0568. The number of ether oxygens (including phenoxy) is 2. The summed E-state index contributed by atoms with van der Waals surface area (Å²) in [6.07, 6.45) is 0. The number of hydrogen-bond acceptors (Lipinski definition) is 5. The molecule has 0 bridgehead atoms. The molecule has 0 fully saturated rings. The molecular weight excluding hydrogens is 428 g/mol. The molecule has 0 spiro atoms. The molecule has 2 N–H and O–H groups in total.